The first kappa shape index (κ1) is 14.6. The summed E-state index contributed by atoms with van der Waals surface area (Å²) in [6.07, 6.45) is 2.33. The Balaban J connectivity index is 1.76. The molecule has 4 nitrogen and oxygen atoms in total. The van der Waals surface area contributed by atoms with Gasteiger partial charge >= 0.3 is 0 Å². The Hall–Kier alpha value is -1.30. The lowest BCUT2D eigenvalue weighted by molar-refractivity contribution is 0.0948. The number of carbonyl (C=O) groups excluding carboxylic acids is 1. The maximum Gasteiger partial charge on any atom is 0.263 e. The van der Waals surface area contributed by atoms with Gasteiger partial charge in [-0.25, -0.2) is 0 Å². The van der Waals surface area contributed by atoms with Gasteiger partial charge in [0.1, 0.15) is 4.88 Å². The molecule has 1 fully saturated rings. The van der Waals surface area contributed by atoms with Crippen molar-refractivity contribution in [1.29, 1.82) is 0 Å². The van der Waals surface area contributed by atoms with E-state index in [1.54, 1.807) is 0 Å². The first-order valence-corrected chi connectivity index (χ1v) is 8.21. The highest BCUT2D eigenvalue weighted by molar-refractivity contribution is 7.21. The molecule has 0 radical (unpaired) electrons. The first-order valence-electron chi connectivity index (χ1n) is 7.02. The number of rotatable bonds is 3. The van der Waals surface area contributed by atoms with E-state index in [0.29, 0.717) is 28.2 Å². The quantitative estimate of drug-likeness (QED) is 0.913. The summed E-state index contributed by atoms with van der Waals surface area (Å²) < 4.78 is 0.986. The zero-order chi connectivity index (χ0) is 15.0. The van der Waals surface area contributed by atoms with Crippen LogP contribution in [0.3, 0.4) is 0 Å². The zero-order valence-corrected chi connectivity index (χ0v) is 13.4. The van der Waals surface area contributed by atoms with E-state index >= 15 is 0 Å². The number of anilines is 1. The number of likely N-dealkylation sites (tertiary alicyclic amines) is 1. The van der Waals surface area contributed by atoms with Crippen molar-refractivity contribution in [2.24, 2.45) is 0 Å². The smallest absolute Gasteiger partial charge is 0.263 e. The van der Waals surface area contributed by atoms with E-state index in [2.05, 4.69) is 17.3 Å². The molecule has 3 rings (SSSR count). The number of nitrogen functional groups attached to an aromatic ring is 1. The van der Waals surface area contributed by atoms with Gasteiger partial charge in [0, 0.05) is 27.7 Å². The van der Waals surface area contributed by atoms with Gasteiger partial charge in [-0.2, -0.15) is 0 Å². The molecule has 1 aromatic carbocycles. The van der Waals surface area contributed by atoms with E-state index in [9.17, 15) is 4.79 Å². The van der Waals surface area contributed by atoms with Gasteiger partial charge in [-0.3, -0.25) is 4.79 Å². The maximum atomic E-state index is 12.4. The number of benzene rings is 1. The SMILES string of the molecule is CN1CCCC1CNC(=O)c1sc2ccc(Cl)cc2c1N. The van der Waals surface area contributed by atoms with Crippen LogP contribution in [0.25, 0.3) is 10.1 Å². The average Bonchev–Trinajstić information content (AvgIpc) is 3.01. The van der Waals surface area contributed by atoms with Gasteiger partial charge in [-0.15, -0.1) is 11.3 Å². The van der Waals surface area contributed by atoms with Gasteiger partial charge in [0.25, 0.3) is 5.91 Å². The number of nitrogens with one attached hydrogen (secondary N) is 1. The van der Waals surface area contributed by atoms with Crippen LogP contribution in [-0.4, -0.2) is 37.0 Å². The summed E-state index contributed by atoms with van der Waals surface area (Å²) in [5, 5.41) is 4.49. The Morgan fingerprint density at radius 2 is 2.38 bits per heavy atom. The number of nitrogens with two attached hydrogens (primary N) is 1. The molecule has 0 saturated carbocycles. The molecule has 1 unspecified atom stereocenters. The molecule has 21 heavy (non-hydrogen) atoms. The van der Waals surface area contributed by atoms with E-state index < -0.39 is 0 Å². The number of halogens is 1. The van der Waals surface area contributed by atoms with Crippen LogP contribution in [0.5, 0.6) is 0 Å². The number of carbonyl (C=O) groups is 1. The van der Waals surface area contributed by atoms with E-state index in [4.69, 9.17) is 17.3 Å². The average molecular weight is 324 g/mol. The summed E-state index contributed by atoms with van der Waals surface area (Å²) >= 11 is 7.40. The van der Waals surface area contributed by atoms with Crippen LogP contribution in [0.1, 0.15) is 22.5 Å². The number of hydrogen-bond acceptors (Lipinski definition) is 4. The topological polar surface area (TPSA) is 58.4 Å². The minimum Gasteiger partial charge on any atom is -0.397 e. The second kappa shape index (κ2) is 5.83. The van der Waals surface area contributed by atoms with Gasteiger partial charge in [0.05, 0.1) is 5.69 Å². The lowest BCUT2D eigenvalue weighted by atomic mass is 10.2. The molecule has 2 aromatic rings. The molecule has 1 amide bonds. The van der Waals surface area contributed by atoms with E-state index in [1.165, 1.54) is 17.8 Å². The highest BCUT2D eigenvalue weighted by Gasteiger charge is 2.22. The van der Waals surface area contributed by atoms with Crippen LogP contribution in [0.15, 0.2) is 18.2 Å². The molecule has 1 aliphatic heterocycles. The Bertz CT molecular complexity index is 685. The number of fused-ring (bicyclic) bond motifs is 1. The van der Waals surface area contributed by atoms with Crippen molar-refractivity contribution in [2.75, 3.05) is 25.9 Å². The number of likely N-dealkylation sites (N-methyl/N-ethyl adjacent to an activating group) is 1. The number of nitrogens with zero attached hydrogens (tertiary/aromatic N) is 1. The largest absolute Gasteiger partial charge is 0.397 e. The van der Waals surface area contributed by atoms with Gasteiger partial charge in [0.15, 0.2) is 0 Å². The summed E-state index contributed by atoms with van der Waals surface area (Å²) in [6, 6.07) is 5.96. The first-order chi connectivity index (χ1) is 10.1. The third-order valence-electron chi connectivity index (χ3n) is 4.06. The molecule has 0 bridgehead atoms. The normalized spacial score (nSPS) is 19.2. The molecule has 6 heteroatoms. The predicted molar refractivity (Wildman–Crippen MR) is 89.2 cm³/mol. The minimum atomic E-state index is -0.0925. The van der Waals surface area contributed by atoms with Crippen molar-refractivity contribution in [3.8, 4) is 0 Å². The summed E-state index contributed by atoms with van der Waals surface area (Å²) in [6.45, 7) is 1.77. The van der Waals surface area contributed by atoms with Crippen molar-refractivity contribution in [3.05, 3.63) is 28.1 Å². The zero-order valence-electron chi connectivity index (χ0n) is 11.9. The lowest BCUT2D eigenvalue weighted by Crippen LogP contribution is -2.38. The molecule has 0 spiro atoms. The van der Waals surface area contributed by atoms with Crippen molar-refractivity contribution >= 4 is 44.6 Å². The van der Waals surface area contributed by atoms with E-state index in [-0.39, 0.29) is 5.91 Å². The van der Waals surface area contributed by atoms with Crippen molar-refractivity contribution in [2.45, 2.75) is 18.9 Å². The Morgan fingerprint density at radius 3 is 3.10 bits per heavy atom. The van der Waals surface area contributed by atoms with Crippen molar-refractivity contribution in [3.63, 3.8) is 0 Å². The second-order valence-corrected chi connectivity index (χ2v) is 6.96. The predicted octanol–water partition coefficient (Wildman–Crippen LogP) is 2.96. The Kier molecular flexibility index (Phi) is 4.06. The molecule has 1 atom stereocenters. The minimum absolute atomic E-state index is 0.0925. The van der Waals surface area contributed by atoms with Crippen LogP contribution >= 0.6 is 22.9 Å². The third kappa shape index (κ3) is 2.86. The van der Waals surface area contributed by atoms with Crippen LogP contribution in [-0.2, 0) is 0 Å². The Morgan fingerprint density at radius 1 is 1.57 bits per heavy atom. The number of amides is 1. The standard InChI is InChI=1S/C15H18ClN3OS/c1-19-6-2-3-10(19)8-18-15(20)14-13(17)11-7-9(16)4-5-12(11)21-14/h4-5,7,10H,2-3,6,8,17H2,1H3,(H,18,20). The van der Waals surface area contributed by atoms with E-state index in [0.717, 1.165) is 23.1 Å². The summed E-state index contributed by atoms with van der Waals surface area (Å²) in [7, 11) is 2.10. The van der Waals surface area contributed by atoms with Crippen LogP contribution < -0.4 is 11.1 Å². The van der Waals surface area contributed by atoms with Crippen molar-refractivity contribution < 1.29 is 4.79 Å². The molecular weight excluding hydrogens is 306 g/mol. The highest BCUT2D eigenvalue weighted by Crippen LogP contribution is 2.35. The van der Waals surface area contributed by atoms with Crippen molar-refractivity contribution in [1.82, 2.24) is 10.2 Å². The van der Waals surface area contributed by atoms with Crippen LogP contribution in [0.4, 0.5) is 5.69 Å². The van der Waals surface area contributed by atoms with Crippen LogP contribution in [0, 0.1) is 0 Å². The molecule has 0 aliphatic carbocycles. The molecular formula is C15H18ClN3OS. The fourth-order valence-corrected chi connectivity index (χ4v) is 3.98. The summed E-state index contributed by atoms with van der Waals surface area (Å²) in [5.74, 6) is -0.0925. The fraction of sp³-hybridized carbons (Fsp3) is 0.400. The lowest BCUT2D eigenvalue weighted by Gasteiger charge is -2.19. The second-order valence-electron chi connectivity index (χ2n) is 5.47. The highest BCUT2D eigenvalue weighted by atomic mass is 35.5. The van der Waals surface area contributed by atoms with Gasteiger partial charge in [-0.1, -0.05) is 11.6 Å². The molecule has 2 heterocycles. The molecule has 3 N–H and O–H groups in total. The molecule has 112 valence electrons. The molecule has 1 aromatic heterocycles. The molecule has 1 aliphatic rings. The third-order valence-corrected chi connectivity index (χ3v) is 5.48. The molecule has 1 saturated heterocycles. The summed E-state index contributed by atoms with van der Waals surface area (Å²) in [5.41, 5.74) is 6.62. The van der Waals surface area contributed by atoms with Gasteiger partial charge in [-0.05, 0) is 44.6 Å². The van der Waals surface area contributed by atoms with Gasteiger partial charge < -0.3 is 16.0 Å². The van der Waals surface area contributed by atoms with Crippen LogP contribution in [0.2, 0.25) is 5.02 Å². The summed E-state index contributed by atoms with van der Waals surface area (Å²) in [4.78, 5) is 15.2. The van der Waals surface area contributed by atoms with Gasteiger partial charge in [0.2, 0.25) is 0 Å². The number of hydrogen-bond donors (Lipinski definition) is 2. The monoisotopic (exact) mass is 323 g/mol. The Labute approximate surface area is 132 Å². The van der Waals surface area contributed by atoms with E-state index in [1.807, 2.05) is 18.2 Å². The maximum absolute atomic E-state index is 12.4. The number of thiophene rings is 1. The fourth-order valence-electron chi connectivity index (χ4n) is 2.79.